The van der Waals surface area contributed by atoms with E-state index in [4.69, 9.17) is 0 Å². The number of halogens is 1. The lowest BCUT2D eigenvalue weighted by atomic mass is 9.89. The van der Waals surface area contributed by atoms with Crippen molar-refractivity contribution in [3.8, 4) is 0 Å². The smallest absolute Gasteiger partial charge is 0.255 e. The maximum atomic E-state index is 13.4. The summed E-state index contributed by atoms with van der Waals surface area (Å²) >= 11 is 0. The van der Waals surface area contributed by atoms with Gasteiger partial charge in [0.15, 0.2) is 0 Å². The molecule has 2 aromatic rings. The van der Waals surface area contributed by atoms with E-state index in [1.165, 1.54) is 12.3 Å². The molecule has 2 aliphatic heterocycles. The van der Waals surface area contributed by atoms with Crippen molar-refractivity contribution in [2.75, 3.05) is 19.6 Å². The van der Waals surface area contributed by atoms with Crippen molar-refractivity contribution in [2.45, 2.75) is 13.0 Å². The van der Waals surface area contributed by atoms with Crippen molar-refractivity contribution in [1.29, 1.82) is 0 Å². The Hall–Kier alpha value is -2.76. The summed E-state index contributed by atoms with van der Waals surface area (Å²) in [6.45, 7) is 3.37. The standard InChI is InChI=1S/C20H20FN3O2/c1-13(25)24-11-16-10-23(20(26)15-7-17(21)9-22-8-15)12-18(16)19(24)14-5-3-2-4-6-14/h2-9,16,18-19H,10-12H2,1H3/t16-,18-,19+/m1/s1. The number of nitrogens with zero attached hydrogens (tertiary/aromatic N) is 3. The Kier molecular flexibility index (Phi) is 4.18. The van der Waals surface area contributed by atoms with Gasteiger partial charge in [-0.05, 0) is 11.6 Å². The quantitative estimate of drug-likeness (QED) is 0.834. The van der Waals surface area contributed by atoms with E-state index in [0.717, 1.165) is 11.8 Å². The van der Waals surface area contributed by atoms with Crippen molar-refractivity contribution in [2.24, 2.45) is 11.8 Å². The highest BCUT2D eigenvalue weighted by atomic mass is 19.1. The van der Waals surface area contributed by atoms with Gasteiger partial charge in [0.25, 0.3) is 5.91 Å². The Morgan fingerprint density at radius 2 is 1.88 bits per heavy atom. The maximum absolute atomic E-state index is 13.4. The maximum Gasteiger partial charge on any atom is 0.255 e. The van der Waals surface area contributed by atoms with Gasteiger partial charge in [0, 0.05) is 44.6 Å². The summed E-state index contributed by atoms with van der Waals surface area (Å²) in [5, 5.41) is 0. The monoisotopic (exact) mass is 353 g/mol. The zero-order valence-corrected chi connectivity index (χ0v) is 14.5. The van der Waals surface area contributed by atoms with Crippen molar-refractivity contribution >= 4 is 11.8 Å². The molecule has 0 saturated carbocycles. The first-order valence-corrected chi connectivity index (χ1v) is 8.76. The van der Waals surface area contributed by atoms with Crippen molar-refractivity contribution in [3.63, 3.8) is 0 Å². The molecule has 2 fully saturated rings. The Morgan fingerprint density at radius 3 is 2.58 bits per heavy atom. The lowest BCUT2D eigenvalue weighted by Crippen LogP contribution is -2.36. The number of carbonyl (C=O) groups excluding carboxylic acids is 2. The highest BCUT2D eigenvalue weighted by Crippen LogP contribution is 2.45. The lowest BCUT2D eigenvalue weighted by molar-refractivity contribution is -0.130. The van der Waals surface area contributed by atoms with Gasteiger partial charge in [0.05, 0.1) is 17.8 Å². The van der Waals surface area contributed by atoms with E-state index in [1.807, 2.05) is 35.2 Å². The van der Waals surface area contributed by atoms with Crippen LogP contribution in [0.3, 0.4) is 0 Å². The van der Waals surface area contributed by atoms with Gasteiger partial charge < -0.3 is 9.80 Å². The van der Waals surface area contributed by atoms with E-state index in [-0.39, 0.29) is 35.3 Å². The van der Waals surface area contributed by atoms with E-state index in [2.05, 4.69) is 4.98 Å². The van der Waals surface area contributed by atoms with Crippen molar-refractivity contribution in [3.05, 3.63) is 65.7 Å². The van der Waals surface area contributed by atoms with Crippen LogP contribution < -0.4 is 0 Å². The SMILES string of the molecule is CC(=O)N1C[C@H]2CN(C(=O)c3cncc(F)c3)C[C@H]2[C@@H]1c1ccccc1. The molecule has 4 rings (SSSR count). The van der Waals surface area contributed by atoms with Crippen LogP contribution in [0.1, 0.15) is 28.9 Å². The molecule has 2 saturated heterocycles. The van der Waals surface area contributed by atoms with Crippen LogP contribution >= 0.6 is 0 Å². The molecule has 26 heavy (non-hydrogen) atoms. The number of pyridine rings is 1. The topological polar surface area (TPSA) is 53.5 Å². The van der Waals surface area contributed by atoms with Gasteiger partial charge in [-0.15, -0.1) is 0 Å². The molecule has 0 spiro atoms. The zero-order chi connectivity index (χ0) is 18.3. The van der Waals surface area contributed by atoms with Crippen LogP contribution in [0.25, 0.3) is 0 Å². The number of hydrogen-bond acceptors (Lipinski definition) is 3. The molecule has 1 aromatic heterocycles. The first kappa shape index (κ1) is 16.7. The number of hydrogen-bond donors (Lipinski definition) is 0. The minimum absolute atomic E-state index is 0.0258. The van der Waals surface area contributed by atoms with Crippen molar-refractivity contribution < 1.29 is 14.0 Å². The fourth-order valence-corrected chi connectivity index (χ4v) is 4.32. The van der Waals surface area contributed by atoms with Crippen LogP contribution in [-0.4, -0.2) is 46.2 Å². The summed E-state index contributed by atoms with van der Waals surface area (Å²) in [6, 6.07) is 11.2. The highest BCUT2D eigenvalue weighted by Gasteiger charge is 2.49. The number of benzene rings is 1. The van der Waals surface area contributed by atoms with Crippen LogP contribution in [-0.2, 0) is 4.79 Å². The summed E-state index contributed by atoms with van der Waals surface area (Å²) in [5.74, 6) is -0.241. The number of carbonyl (C=O) groups is 2. The third-order valence-corrected chi connectivity index (χ3v) is 5.45. The summed E-state index contributed by atoms with van der Waals surface area (Å²) in [5.41, 5.74) is 1.36. The normalized spacial score (nSPS) is 24.6. The Bertz CT molecular complexity index is 842. The first-order chi connectivity index (χ1) is 12.5. The van der Waals surface area contributed by atoms with E-state index >= 15 is 0 Å². The predicted octanol–water partition coefficient (Wildman–Crippen LogP) is 2.51. The Labute approximate surface area is 151 Å². The van der Waals surface area contributed by atoms with Gasteiger partial charge in [0.1, 0.15) is 5.82 Å². The molecular weight excluding hydrogens is 333 g/mol. The summed E-state index contributed by atoms with van der Waals surface area (Å²) in [4.78, 5) is 32.3. The molecule has 0 N–H and O–H groups in total. The highest BCUT2D eigenvalue weighted by molar-refractivity contribution is 5.94. The van der Waals surface area contributed by atoms with Gasteiger partial charge in [-0.3, -0.25) is 14.6 Å². The van der Waals surface area contributed by atoms with Crippen LogP contribution in [0.2, 0.25) is 0 Å². The fraction of sp³-hybridized carbons (Fsp3) is 0.350. The molecule has 5 nitrogen and oxygen atoms in total. The number of likely N-dealkylation sites (tertiary alicyclic amines) is 2. The molecule has 0 radical (unpaired) electrons. The van der Waals surface area contributed by atoms with E-state index in [9.17, 15) is 14.0 Å². The molecule has 1 aromatic carbocycles. The summed E-state index contributed by atoms with van der Waals surface area (Å²) in [6.07, 6.45) is 2.49. The molecule has 2 amide bonds. The Balaban J connectivity index is 1.59. The lowest BCUT2D eigenvalue weighted by Gasteiger charge is -2.29. The average Bonchev–Trinajstić information content (AvgIpc) is 3.19. The number of fused-ring (bicyclic) bond motifs is 1. The Morgan fingerprint density at radius 1 is 1.12 bits per heavy atom. The minimum atomic E-state index is -0.514. The molecule has 0 aliphatic carbocycles. The third kappa shape index (κ3) is 2.85. The largest absolute Gasteiger partial charge is 0.338 e. The van der Waals surface area contributed by atoms with E-state index < -0.39 is 5.82 Å². The predicted molar refractivity (Wildman–Crippen MR) is 93.6 cm³/mol. The minimum Gasteiger partial charge on any atom is -0.338 e. The second-order valence-electron chi connectivity index (χ2n) is 7.05. The van der Waals surface area contributed by atoms with Crippen LogP contribution in [0, 0.1) is 17.7 Å². The molecule has 3 atom stereocenters. The number of amides is 2. The average molecular weight is 353 g/mol. The third-order valence-electron chi connectivity index (χ3n) is 5.45. The first-order valence-electron chi connectivity index (χ1n) is 8.76. The molecule has 6 heteroatoms. The zero-order valence-electron chi connectivity index (χ0n) is 14.5. The second-order valence-corrected chi connectivity index (χ2v) is 7.05. The summed E-state index contributed by atoms with van der Waals surface area (Å²) in [7, 11) is 0. The second kappa shape index (κ2) is 6.52. The van der Waals surface area contributed by atoms with E-state index in [1.54, 1.807) is 11.8 Å². The number of aromatic nitrogens is 1. The van der Waals surface area contributed by atoms with Gasteiger partial charge in [-0.1, -0.05) is 30.3 Å². The van der Waals surface area contributed by atoms with Gasteiger partial charge in [-0.25, -0.2) is 4.39 Å². The molecular formula is C20H20FN3O2. The molecule has 0 unspecified atom stereocenters. The number of rotatable bonds is 2. The van der Waals surface area contributed by atoms with Gasteiger partial charge in [0.2, 0.25) is 5.91 Å². The van der Waals surface area contributed by atoms with Crippen LogP contribution in [0.4, 0.5) is 4.39 Å². The van der Waals surface area contributed by atoms with Gasteiger partial charge in [-0.2, -0.15) is 0 Å². The fourth-order valence-electron chi connectivity index (χ4n) is 4.32. The molecule has 2 aliphatic rings. The molecule has 134 valence electrons. The summed E-state index contributed by atoms with van der Waals surface area (Å²) < 4.78 is 13.4. The van der Waals surface area contributed by atoms with Crippen LogP contribution in [0.5, 0.6) is 0 Å². The van der Waals surface area contributed by atoms with Crippen LogP contribution in [0.15, 0.2) is 48.8 Å². The van der Waals surface area contributed by atoms with E-state index in [0.29, 0.717) is 19.6 Å². The molecule has 0 bridgehead atoms. The molecule has 3 heterocycles. The van der Waals surface area contributed by atoms with Crippen molar-refractivity contribution in [1.82, 2.24) is 14.8 Å². The van der Waals surface area contributed by atoms with Gasteiger partial charge >= 0.3 is 0 Å².